The highest BCUT2D eigenvalue weighted by atomic mass is 19.1. The maximum atomic E-state index is 13.6. The fraction of sp³-hybridized carbons (Fsp3) is 0.389. The van der Waals surface area contributed by atoms with E-state index in [1.54, 1.807) is 4.90 Å². The molecule has 0 saturated heterocycles. The maximum absolute atomic E-state index is 13.6. The third kappa shape index (κ3) is 2.67. The Kier molecular flexibility index (Phi) is 3.57. The van der Waals surface area contributed by atoms with E-state index in [-0.39, 0.29) is 17.0 Å². The van der Waals surface area contributed by atoms with Crippen molar-refractivity contribution >= 4 is 5.91 Å². The monoisotopic (exact) mass is 324 g/mol. The van der Waals surface area contributed by atoms with Crippen molar-refractivity contribution in [3.05, 3.63) is 52.1 Å². The van der Waals surface area contributed by atoms with Crippen molar-refractivity contribution in [1.82, 2.24) is 15.1 Å². The van der Waals surface area contributed by atoms with Gasteiger partial charge < -0.3 is 4.90 Å². The molecule has 2 aliphatic rings. The minimum Gasteiger partial charge on any atom is -0.338 e. The first-order valence-corrected chi connectivity index (χ1v) is 8.21. The average Bonchev–Trinajstić information content (AvgIpc) is 3.38. The average molecular weight is 324 g/mol. The van der Waals surface area contributed by atoms with Crippen LogP contribution in [0.15, 0.2) is 18.2 Å². The second-order valence-corrected chi connectivity index (χ2v) is 6.47. The Labute approximate surface area is 139 Å². The first-order valence-electron chi connectivity index (χ1n) is 8.21. The van der Waals surface area contributed by atoms with E-state index in [4.69, 9.17) is 5.26 Å². The highest BCUT2D eigenvalue weighted by Gasteiger charge is 2.31. The molecule has 1 aromatic heterocycles. The van der Waals surface area contributed by atoms with Crippen LogP contribution < -0.4 is 0 Å². The van der Waals surface area contributed by atoms with Gasteiger partial charge in [0.05, 0.1) is 17.3 Å². The molecule has 2 heterocycles. The standard InChI is InChI=1S/C18H17FN4O/c19-14-8-11(10-20)7-13(9-14)18(24)23-5-3-15-16(4-6-23)21-22-17(15)12-1-2-12/h7-9,12H,1-6H2,(H,21,22). The molecule has 5 nitrogen and oxygen atoms in total. The number of nitrogens with one attached hydrogen (secondary N) is 1. The maximum Gasteiger partial charge on any atom is 0.254 e. The lowest BCUT2D eigenvalue weighted by Gasteiger charge is -2.20. The number of hydrogen-bond donors (Lipinski definition) is 1. The number of amides is 1. The lowest BCUT2D eigenvalue weighted by atomic mass is 10.1. The number of carbonyl (C=O) groups is 1. The summed E-state index contributed by atoms with van der Waals surface area (Å²) >= 11 is 0. The summed E-state index contributed by atoms with van der Waals surface area (Å²) in [5.41, 5.74) is 3.93. The van der Waals surface area contributed by atoms with Crippen LogP contribution in [0, 0.1) is 17.1 Å². The summed E-state index contributed by atoms with van der Waals surface area (Å²) in [5.74, 6) is -0.205. The Bertz CT molecular complexity index is 847. The van der Waals surface area contributed by atoms with Crippen LogP contribution in [0.25, 0.3) is 0 Å². The van der Waals surface area contributed by atoms with Gasteiger partial charge in [-0.3, -0.25) is 9.89 Å². The molecule has 0 atom stereocenters. The molecular weight excluding hydrogens is 307 g/mol. The van der Waals surface area contributed by atoms with E-state index >= 15 is 0 Å². The van der Waals surface area contributed by atoms with Gasteiger partial charge >= 0.3 is 0 Å². The van der Waals surface area contributed by atoms with Gasteiger partial charge in [0.25, 0.3) is 5.91 Å². The molecule has 1 fully saturated rings. The number of nitrogens with zero attached hydrogens (tertiary/aromatic N) is 3. The normalized spacial score (nSPS) is 17.1. The summed E-state index contributed by atoms with van der Waals surface area (Å²) in [6, 6.07) is 5.68. The van der Waals surface area contributed by atoms with Crippen LogP contribution >= 0.6 is 0 Å². The zero-order chi connectivity index (χ0) is 16.7. The second-order valence-electron chi connectivity index (χ2n) is 6.47. The van der Waals surface area contributed by atoms with E-state index in [1.165, 1.54) is 30.5 Å². The highest BCUT2D eigenvalue weighted by Crippen LogP contribution is 2.41. The van der Waals surface area contributed by atoms with Gasteiger partial charge in [-0.05, 0) is 43.0 Å². The van der Waals surface area contributed by atoms with E-state index in [0.717, 1.165) is 30.3 Å². The number of aromatic nitrogens is 2. The molecule has 1 amide bonds. The molecule has 6 heteroatoms. The van der Waals surface area contributed by atoms with E-state index in [1.807, 2.05) is 6.07 Å². The van der Waals surface area contributed by atoms with Crippen molar-refractivity contribution in [1.29, 1.82) is 5.26 Å². The molecule has 1 saturated carbocycles. The molecule has 1 aliphatic heterocycles. The van der Waals surface area contributed by atoms with Crippen LogP contribution in [0.4, 0.5) is 4.39 Å². The number of rotatable bonds is 2. The lowest BCUT2D eigenvalue weighted by molar-refractivity contribution is 0.0762. The van der Waals surface area contributed by atoms with Gasteiger partial charge in [0.1, 0.15) is 5.82 Å². The summed E-state index contributed by atoms with van der Waals surface area (Å²) in [5, 5.41) is 16.5. The third-order valence-corrected chi connectivity index (χ3v) is 4.77. The van der Waals surface area contributed by atoms with Gasteiger partial charge in [-0.25, -0.2) is 4.39 Å². The molecular formula is C18H17FN4O. The SMILES string of the molecule is N#Cc1cc(F)cc(C(=O)N2CCc3[nH]nc(C4CC4)c3CC2)c1. The number of H-pyrrole nitrogens is 1. The largest absolute Gasteiger partial charge is 0.338 e. The second kappa shape index (κ2) is 5.75. The fourth-order valence-corrected chi connectivity index (χ4v) is 3.37. The predicted molar refractivity (Wildman–Crippen MR) is 85.0 cm³/mol. The molecule has 4 rings (SSSR count). The molecule has 0 spiro atoms. The Morgan fingerprint density at radius 1 is 1.29 bits per heavy atom. The first kappa shape index (κ1) is 14.9. The fourth-order valence-electron chi connectivity index (χ4n) is 3.37. The molecule has 1 aromatic carbocycles. The van der Waals surface area contributed by atoms with Gasteiger partial charge in [-0.2, -0.15) is 10.4 Å². The molecule has 1 N–H and O–H groups in total. The summed E-state index contributed by atoms with van der Waals surface area (Å²) < 4.78 is 13.6. The van der Waals surface area contributed by atoms with Crippen molar-refractivity contribution in [2.45, 2.75) is 31.6 Å². The predicted octanol–water partition coefficient (Wildman–Crippen LogP) is 2.54. The number of benzene rings is 1. The molecule has 122 valence electrons. The van der Waals surface area contributed by atoms with Gasteiger partial charge in [0, 0.05) is 36.7 Å². The van der Waals surface area contributed by atoms with E-state index in [9.17, 15) is 9.18 Å². The Balaban J connectivity index is 1.55. The van der Waals surface area contributed by atoms with E-state index in [0.29, 0.717) is 19.0 Å². The quantitative estimate of drug-likeness (QED) is 0.922. The van der Waals surface area contributed by atoms with Crippen LogP contribution in [0.1, 0.15) is 51.6 Å². The minimum atomic E-state index is -0.558. The summed E-state index contributed by atoms with van der Waals surface area (Å²) in [7, 11) is 0. The third-order valence-electron chi connectivity index (χ3n) is 4.77. The molecule has 24 heavy (non-hydrogen) atoms. The molecule has 2 aromatic rings. The number of halogens is 1. The molecule has 0 bridgehead atoms. The Morgan fingerprint density at radius 2 is 2.08 bits per heavy atom. The molecule has 0 radical (unpaired) electrons. The summed E-state index contributed by atoms with van der Waals surface area (Å²) in [6.45, 7) is 1.15. The summed E-state index contributed by atoms with van der Waals surface area (Å²) in [6.07, 6.45) is 3.88. The van der Waals surface area contributed by atoms with Gasteiger partial charge in [0.15, 0.2) is 0 Å². The smallest absolute Gasteiger partial charge is 0.254 e. The lowest BCUT2D eigenvalue weighted by Crippen LogP contribution is -2.33. The Hall–Kier alpha value is -2.68. The Morgan fingerprint density at radius 3 is 2.83 bits per heavy atom. The highest BCUT2D eigenvalue weighted by molar-refractivity contribution is 5.94. The van der Waals surface area contributed by atoms with Crippen LogP contribution in [0.2, 0.25) is 0 Å². The van der Waals surface area contributed by atoms with Crippen molar-refractivity contribution < 1.29 is 9.18 Å². The molecule has 1 aliphatic carbocycles. The van der Waals surface area contributed by atoms with Gasteiger partial charge in [-0.15, -0.1) is 0 Å². The zero-order valence-electron chi connectivity index (χ0n) is 13.2. The number of carbonyl (C=O) groups excluding carboxylic acids is 1. The van der Waals surface area contributed by atoms with E-state index < -0.39 is 5.82 Å². The number of fused-ring (bicyclic) bond motifs is 1. The van der Waals surface area contributed by atoms with E-state index in [2.05, 4.69) is 10.2 Å². The van der Waals surface area contributed by atoms with Gasteiger partial charge in [-0.1, -0.05) is 0 Å². The van der Waals surface area contributed by atoms with Crippen molar-refractivity contribution in [3.8, 4) is 6.07 Å². The topological polar surface area (TPSA) is 72.8 Å². The van der Waals surface area contributed by atoms with Crippen LogP contribution in [-0.2, 0) is 12.8 Å². The van der Waals surface area contributed by atoms with Gasteiger partial charge in [0.2, 0.25) is 0 Å². The minimum absolute atomic E-state index is 0.165. The number of aromatic amines is 1. The number of nitriles is 1. The summed E-state index contributed by atoms with van der Waals surface area (Å²) in [4.78, 5) is 14.4. The van der Waals surface area contributed by atoms with Crippen LogP contribution in [-0.4, -0.2) is 34.1 Å². The van der Waals surface area contributed by atoms with Crippen molar-refractivity contribution in [2.24, 2.45) is 0 Å². The zero-order valence-corrected chi connectivity index (χ0v) is 13.2. The van der Waals surface area contributed by atoms with Crippen molar-refractivity contribution in [3.63, 3.8) is 0 Å². The van der Waals surface area contributed by atoms with Crippen molar-refractivity contribution in [2.75, 3.05) is 13.1 Å². The molecule has 0 unspecified atom stereocenters. The first-order chi connectivity index (χ1) is 11.7. The number of hydrogen-bond acceptors (Lipinski definition) is 3. The van der Waals surface area contributed by atoms with Crippen LogP contribution in [0.3, 0.4) is 0 Å². The van der Waals surface area contributed by atoms with Crippen LogP contribution in [0.5, 0.6) is 0 Å².